The third-order valence-electron chi connectivity index (χ3n) is 4.47. The molecule has 2 N–H and O–H groups in total. The normalized spacial score (nSPS) is 12.3. The molecule has 5 rings (SSSR count). The molecule has 0 saturated heterocycles. The molecule has 4 aromatic rings. The molecule has 9 nitrogen and oxygen atoms in total. The van der Waals surface area contributed by atoms with Crippen LogP contribution in [0.25, 0.3) is 16.7 Å². The highest BCUT2D eigenvalue weighted by Crippen LogP contribution is 2.34. The number of H-pyrrole nitrogens is 1. The highest BCUT2D eigenvalue weighted by molar-refractivity contribution is 7.99. The van der Waals surface area contributed by atoms with Gasteiger partial charge in [0, 0.05) is 16.8 Å². The minimum Gasteiger partial charge on any atom is -0.454 e. The van der Waals surface area contributed by atoms with E-state index in [4.69, 9.17) is 21.1 Å². The molecule has 0 fully saturated rings. The van der Waals surface area contributed by atoms with Crippen LogP contribution in [0.15, 0.2) is 58.6 Å². The van der Waals surface area contributed by atoms with Crippen LogP contribution < -0.4 is 20.3 Å². The van der Waals surface area contributed by atoms with Crippen molar-refractivity contribution >= 4 is 46.0 Å². The first-order valence-electron chi connectivity index (χ1n) is 9.13. The second-order valence-corrected chi connectivity index (χ2v) is 7.95. The maximum atomic E-state index is 12.4. The molecule has 0 aliphatic carbocycles. The lowest BCUT2D eigenvalue weighted by atomic mass is 10.3. The van der Waals surface area contributed by atoms with Crippen molar-refractivity contribution in [3.05, 3.63) is 64.0 Å². The van der Waals surface area contributed by atoms with Crippen molar-refractivity contribution in [3.8, 4) is 17.2 Å². The number of nitrogens with zero attached hydrogens (tertiary/aromatic N) is 3. The Kier molecular flexibility index (Phi) is 5.00. The molecule has 0 atom stereocenters. The molecule has 156 valence electrons. The van der Waals surface area contributed by atoms with Gasteiger partial charge in [-0.25, -0.2) is 9.67 Å². The molecule has 2 aromatic heterocycles. The molecule has 0 bridgehead atoms. The predicted molar refractivity (Wildman–Crippen MR) is 116 cm³/mol. The van der Waals surface area contributed by atoms with Crippen LogP contribution in [0, 0.1) is 0 Å². The van der Waals surface area contributed by atoms with Gasteiger partial charge in [-0.3, -0.25) is 9.59 Å². The number of nitrogens with one attached hydrogen (secondary N) is 2. The lowest BCUT2D eigenvalue weighted by molar-refractivity contribution is -0.113. The molecule has 1 aliphatic heterocycles. The average Bonchev–Trinajstić information content (AvgIpc) is 3.39. The van der Waals surface area contributed by atoms with E-state index in [2.05, 4.69) is 20.4 Å². The van der Waals surface area contributed by atoms with Crippen molar-refractivity contribution < 1.29 is 14.3 Å². The van der Waals surface area contributed by atoms with Gasteiger partial charge in [-0.05, 0) is 30.3 Å². The number of fused-ring (bicyclic) bond motifs is 2. The first kappa shape index (κ1) is 19.5. The summed E-state index contributed by atoms with van der Waals surface area (Å²) in [6.07, 6.45) is 1.45. The zero-order valence-electron chi connectivity index (χ0n) is 15.8. The van der Waals surface area contributed by atoms with Gasteiger partial charge in [0.1, 0.15) is 5.39 Å². The van der Waals surface area contributed by atoms with E-state index in [1.807, 2.05) is 6.07 Å². The van der Waals surface area contributed by atoms with Crippen molar-refractivity contribution in [3.63, 3.8) is 0 Å². The summed E-state index contributed by atoms with van der Waals surface area (Å²) < 4.78 is 12.1. The Labute approximate surface area is 184 Å². The molecule has 0 radical (unpaired) electrons. The molecule has 0 unspecified atom stereocenters. The van der Waals surface area contributed by atoms with Gasteiger partial charge in [-0.2, -0.15) is 5.10 Å². The molecular formula is C20H14ClN5O4S. The number of amides is 1. The van der Waals surface area contributed by atoms with E-state index in [9.17, 15) is 9.59 Å². The van der Waals surface area contributed by atoms with Crippen LogP contribution in [0.1, 0.15) is 0 Å². The minimum atomic E-state index is -0.336. The number of hydrogen-bond acceptors (Lipinski definition) is 7. The molecule has 0 spiro atoms. The van der Waals surface area contributed by atoms with Crippen LogP contribution in [0.4, 0.5) is 5.69 Å². The summed E-state index contributed by atoms with van der Waals surface area (Å²) in [5, 5.41) is 8.23. The second-order valence-electron chi connectivity index (χ2n) is 6.55. The van der Waals surface area contributed by atoms with E-state index in [1.54, 1.807) is 36.4 Å². The van der Waals surface area contributed by atoms with Crippen LogP contribution in [-0.2, 0) is 4.79 Å². The summed E-state index contributed by atoms with van der Waals surface area (Å²) in [5.74, 6) is 1.01. The van der Waals surface area contributed by atoms with Crippen LogP contribution in [0.3, 0.4) is 0 Å². The quantitative estimate of drug-likeness (QED) is 0.351. The molecule has 0 saturated carbocycles. The zero-order chi connectivity index (χ0) is 21.4. The van der Waals surface area contributed by atoms with Gasteiger partial charge >= 0.3 is 0 Å². The smallest absolute Gasteiger partial charge is 0.262 e. The summed E-state index contributed by atoms with van der Waals surface area (Å²) in [6.45, 7) is 0.163. The van der Waals surface area contributed by atoms with Gasteiger partial charge in [0.25, 0.3) is 5.56 Å². The lowest BCUT2D eigenvalue weighted by Gasteiger charge is -2.07. The maximum Gasteiger partial charge on any atom is 0.262 e. The van der Waals surface area contributed by atoms with Gasteiger partial charge in [-0.1, -0.05) is 29.4 Å². The molecule has 31 heavy (non-hydrogen) atoms. The summed E-state index contributed by atoms with van der Waals surface area (Å²) >= 11 is 7.18. The Balaban J connectivity index is 1.34. The number of anilines is 1. The van der Waals surface area contributed by atoms with Crippen LogP contribution in [-0.4, -0.2) is 38.2 Å². The number of ether oxygens (including phenoxy) is 2. The van der Waals surface area contributed by atoms with Gasteiger partial charge in [0.2, 0.25) is 12.7 Å². The fourth-order valence-electron chi connectivity index (χ4n) is 3.07. The summed E-state index contributed by atoms with van der Waals surface area (Å²) in [7, 11) is 0. The summed E-state index contributed by atoms with van der Waals surface area (Å²) in [6, 6.07) is 12.2. The third-order valence-corrected chi connectivity index (χ3v) is 5.57. The average molecular weight is 456 g/mol. The van der Waals surface area contributed by atoms with Crippen molar-refractivity contribution in [1.29, 1.82) is 0 Å². The second kappa shape index (κ2) is 7.97. The molecule has 1 amide bonds. The van der Waals surface area contributed by atoms with Gasteiger partial charge in [0.15, 0.2) is 22.3 Å². The fourth-order valence-corrected chi connectivity index (χ4v) is 3.91. The Hall–Kier alpha value is -3.50. The highest BCUT2D eigenvalue weighted by atomic mass is 35.5. The van der Waals surface area contributed by atoms with Crippen molar-refractivity contribution in [2.24, 2.45) is 0 Å². The van der Waals surface area contributed by atoms with Crippen molar-refractivity contribution in [2.45, 2.75) is 5.16 Å². The number of aromatic amines is 1. The van der Waals surface area contributed by atoms with Crippen LogP contribution in [0.2, 0.25) is 5.02 Å². The molecule has 2 aromatic carbocycles. The fraction of sp³-hybridized carbons (Fsp3) is 0.100. The summed E-state index contributed by atoms with van der Waals surface area (Å²) in [4.78, 5) is 32.0. The van der Waals surface area contributed by atoms with Crippen LogP contribution >= 0.6 is 23.4 Å². The molecule has 11 heteroatoms. The van der Waals surface area contributed by atoms with Crippen LogP contribution in [0.5, 0.6) is 11.5 Å². The van der Waals surface area contributed by atoms with E-state index >= 15 is 0 Å². The molecule has 1 aliphatic rings. The minimum absolute atomic E-state index is 0.0498. The van der Waals surface area contributed by atoms with Crippen molar-refractivity contribution in [1.82, 2.24) is 19.7 Å². The van der Waals surface area contributed by atoms with E-state index in [0.717, 1.165) is 11.8 Å². The Morgan fingerprint density at radius 2 is 2.10 bits per heavy atom. The first-order chi connectivity index (χ1) is 15.1. The summed E-state index contributed by atoms with van der Waals surface area (Å²) in [5.41, 5.74) is 1.31. The van der Waals surface area contributed by atoms with Gasteiger partial charge in [-0.15, -0.1) is 0 Å². The largest absolute Gasteiger partial charge is 0.454 e. The number of carbonyl (C=O) groups excluding carboxylic acids is 1. The Bertz CT molecular complexity index is 1370. The van der Waals surface area contributed by atoms with E-state index in [-0.39, 0.29) is 24.0 Å². The highest BCUT2D eigenvalue weighted by Gasteiger charge is 2.16. The molecule has 3 heterocycles. The monoisotopic (exact) mass is 455 g/mol. The predicted octanol–water partition coefficient (Wildman–Crippen LogP) is 3.22. The first-order valence-corrected chi connectivity index (χ1v) is 10.5. The standard InChI is InChI=1S/C20H14ClN5O4S/c21-11-2-1-3-13(6-11)26-18-14(8-22-26)19(28)25-20(24-18)31-9-17(27)23-12-4-5-15-16(7-12)30-10-29-15/h1-8H,9-10H2,(H,23,27)(H,24,25,28). The van der Waals surface area contributed by atoms with E-state index in [1.165, 1.54) is 10.9 Å². The number of hydrogen-bond donors (Lipinski definition) is 2. The van der Waals surface area contributed by atoms with E-state index < -0.39 is 0 Å². The third kappa shape index (κ3) is 3.94. The number of aromatic nitrogens is 4. The number of benzene rings is 2. The SMILES string of the molecule is O=C(CSc1nc2c(cnn2-c2cccc(Cl)c2)c(=O)[nH]1)Nc1ccc2c(c1)OCO2. The lowest BCUT2D eigenvalue weighted by Crippen LogP contribution is -2.15. The number of halogens is 1. The molecular weight excluding hydrogens is 442 g/mol. The topological polar surface area (TPSA) is 111 Å². The Morgan fingerprint density at radius 3 is 2.97 bits per heavy atom. The Morgan fingerprint density at radius 1 is 1.23 bits per heavy atom. The zero-order valence-corrected chi connectivity index (χ0v) is 17.4. The van der Waals surface area contributed by atoms with Gasteiger partial charge < -0.3 is 19.8 Å². The van der Waals surface area contributed by atoms with Gasteiger partial charge in [0.05, 0.1) is 17.6 Å². The maximum absolute atomic E-state index is 12.4. The number of carbonyl (C=O) groups is 1. The number of rotatable bonds is 5. The van der Waals surface area contributed by atoms with E-state index in [0.29, 0.717) is 44.1 Å². The number of thioether (sulfide) groups is 1. The van der Waals surface area contributed by atoms with Crippen molar-refractivity contribution in [2.75, 3.05) is 17.9 Å².